The molecule has 2 saturated carbocycles. The molecule has 1 N–H and O–H groups in total. The molecule has 19 heteroatoms. The van der Waals surface area contributed by atoms with E-state index in [1.165, 1.54) is 0 Å². The van der Waals surface area contributed by atoms with Gasteiger partial charge in [-0.2, -0.15) is 0 Å². The molecule has 2 aliphatic carbocycles. The van der Waals surface area contributed by atoms with E-state index in [1.807, 2.05) is 23.0 Å². The minimum Gasteiger partial charge on any atom is -0.444 e. The maximum atomic E-state index is 18.1. The van der Waals surface area contributed by atoms with Gasteiger partial charge in [0.1, 0.15) is 34.8 Å². The van der Waals surface area contributed by atoms with Crippen molar-refractivity contribution in [2.75, 3.05) is 25.0 Å². The normalized spacial score (nSPS) is 19.6. The lowest BCUT2D eigenvalue weighted by Gasteiger charge is -2.26. The molecule has 1 aromatic carbocycles. The van der Waals surface area contributed by atoms with Gasteiger partial charge in [-0.25, -0.2) is 28.3 Å². The van der Waals surface area contributed by atoms with Gasteiger partial charge in [0.25, 0.3) is 0 Å². The summed E-state index contributed by atoms with van der Waals surface area (Å²) in [5.74, 6) is -4.16. The number of hydrogen-bond acceptors (Lipinski definition) is 8. The summed E-state index contributed by atoms with van der Waals surface area (Å²) in [5.41, 5.74) is -1.60. The monoisotopic (exact) mass is 936 g/mol. The topological polar surface area (TPSA) is 122 Å². The molecule has 3 atom stereocenters. The second-order valence-electron chi connectivity index (χ2n) is 20.7. The summed E-state index contributed by atoms with van der Waals surface area (Å²) in [7, 11) is -1.40. The van der Waals surface area contributed by atoms with Gasteiger partial charge in [-0.3, -0.25) is 5.32 Å². The Morgan fingerprint density at radius 1 is 0.984 bits per heavy atom. The number of imidazole rings is 1. The summed E-state index contributed by atoms with van der Waals surface area (Å²) in [6, 6.07) is 2.31. The predicted octanol–water partition coefficient (Wildman–Crippen LogP) is 12.1. The molecular formula is C45H58ClF5N6O6Si. The Kier molecular flexibility index (Phi) is 12.7. The van der Waals surface area contributed by atoms with Crippen LogP contribution in [-0.4, -0.2) is 81.5 Å². The van der Waals surface area contributed by atoms with Crippen molar-refractivity contribution in [3.8, 4) is 17.0 Å². The van der Waals surface area contributed by atoms with Crippen LogP contribution >= 0.6 is 11.6 Å². The fourth-order valence-electron chi connectivity index (χ4n) is 8.58. The van der Waals surface area contributed by atoms with Gasteiger partial charge in [0.15, 0.2) is 17.4 Å². The van der Waals surface area contributed by atoms with E-state index in [0.717, 1.165) is 17.7 Å². The number of nitrogens with one attached hydrogen (secondary N) is 1. The van der Waals surface area contributed by atoms with Gasteiger partial charge >= 0.3 is 18.5 Å². The third kappa shape index (κ3) is 10.3. The van der Waals surface area contributed by atoms with E-state index in [2.05, 4.69) is 34.7 Å². The molecule has 0 spiro atoms. The molecule has 12 nitrogen and oxygen atoms in total. The van der Waals surface area contributed by atoms with Gasteiger partial charge in [-0.1, -0.05) is 33.5 Å². The number of likely N-dealkylation sites (tertiary alicyclic amines) is 1. The molecule has 64 heavy (non-hydrogen) atoms. The first kappa shape index (κ1) is 47.5. The molecular weight excluding hydrogens is 879 g/mol. The highest BCUT2D eigenvalue weighted by Gasteiger charge is 2.60. The summed E-state index contributed by atoms with van der Waals surface area (Å²) in [6.45, 7) is 22.1. The molecule has 3 aliphatic rings. The van der Waals surface area contributed by atoms with Gasteiger partial charge in [-0.05, 0) is 95.7 Å². The summed E-state index contributed by atoms with van der Waals surface area (Å²) in [4.78, 5) is 37.2. The maximum absolute atomic E-state index is 18.1. The SMILES string of the molecule is CC(C)c1nc(-c2cc(NC(=O)OC(C)(C)C)cc(F)c2OC(F)(F)F)c(F)c2c1c(C1C3CN(C(=O)OC(C)(C)C)CC31)c(C(Cl)c1nccn1COCC[Si](C)(C)C)n2C1CC1. The number of benzene rings is 1. The van der Waals surface area contributed by atoms with Gasteiger partial charge in [0.2, 0.25) is 0 Å². The zero-order valence-corrected chi connectivity index (χ0v) is 39.9. The highest BCUT2D eigenvalue weighted by molar-refractivity contribution is 6.76. The fraction of sp³-hybridized carbons (Fsp3) is 0.600. The minimum absolute atomic E-state index is 0.0442. The number of hydrogen-bond donors (Lipinski definition) is 1. The lowest BCUT2D eigenvalue weighted by Crippen LogP contribution is -2.37. The molecule has 3 aromatic heterocycles. The molecule has 3 unspecified atom stereocenters. The first-order valence-corrected chi connectivity index (χ1v) is 25.8. The van der Waals surface area contributed by atoms with E-state index in [4.69, 9.17) is 30.8 Å². The van der Waals surface area contributed by atoms with Gasteiger partial charge in [0.05, 0.1) is 16.8 Å². The number of carbonyl (C=O) groups excluding carboxylic acids is 2. The van der Waals surface area contributed by atoms with Crippen molar-refractivity contribution in [2.45, 2.75) is 141 Å². The van der Waals surface area contributed by atoms with Gasteiger partial charge in [0, 0.05) is 69.0 Å². The molecule has 4 heterocycles. The molecule has 2 amide bonds. The first-order chi connectivity index (χ1) is 29.6. The predicted molar refractivity (Wildman–Crippen MR) is 236 cm³/mol. The van der Waals surface area contributed by atoms with Crippen molar-refractivity contribution >= 4 is 48.5 Å². The quantitative estimate of drug-likeness (QED) is 0.0609. The minimum atomic E-state index is -5.38. The largest absolute Gasteiger partial charge is 0.573 e. The Balaban J connectivity index is 1.44. The number of ether oxygens (including phenoxy) is 4. The number of anilines is 1. The van der Waals surface area contributed by atoms with Crippen LogP contribution in [0.2, 0.25) is 25.7 Å². The summed E-state index contributed by atoms with van der Waals surface area (Å²) in [5, 5.41) is 1.84. The van der Waals surface area contributed by atoms with Crippen molar-refractivity contribution in [1.29, 1.82) is 0 Å². The number of amides is 2. The second-order valence-corrected chi connectivity index (χ2v) is 26.7. The lowest BCUT2D eigenvalue weighted by atomic mass is 9.94. The number of piperidine rings is 1. The Bertz CT molecular complexity index is 2420. The van der Waals surface area contributed by atoms with E-state index in [0.29, 0.717) is 61.2 Å². The number of carbonyl (C=O) groups is 2. The van der Waals surface area contributed by atoms with E-state index < -0.39 is 77.8 Å². The third-order valence-corrected chi connectivity index (χ3v) is 13.5. The number of fused-ring (bicyclic) bond motifs is 2. The van der Waals surface area contributed by atoms with Crippen LogP contribution < -0.4 is 10.1 Å². The fourth-order valence-corrected chi connectivity index (χ4v) is 9.74. The number of aromatic nitrogens is 4. The van der Waals surface area contributed by atoms with Crippen LogP contribution in [0, 0.1) is 23.5 Å². The van der Waals surface area contributed by atoms with Crippen molar-refractivity contribution in [3.05, 3.63) is 58.9 Å². The second kappa shape index (κ2) is 17.1. The van der Waals surface area contributed by atoms with Crippen LogP contribution in [0.5, 0.6) is 5.75 Å². The van der Waals surface area contributed by atoms with Crippen LogP contribution in [0.25, 0.3) is 22.2 Å². The number of nitrogens with zero attached hydrogens (tertiary/aromatic N) is 5. The molecule has 1 aliphatic heterocycles. The van der Waals surface area contributed by atoms with Crippen LogP contribution in [0.15, 0.2) is 24.5 Å². The zero-order valence-electron chi connectivity index (χ0n) is 38.2. The standard InChI is InChI=1S/C45H58ClF5N6O6Si/c1-23(2)35-32-31(30-27-20-56(21-28(27)30)42(59)63-44(6,7)8)37(33(46)40-52-14-15-55(40)22-60-16-17-64(9,10)11)57(25-12-13-25)38(32)34(48)36(54-35)26-18-24(53-41(58)62-43(3,4)5)19-29(47)39(26)61-45(49,50)51/h14-15,18-19,23,25,27-28,30,33H,12-13,16-17,20-22H2,1-11H3,(H,53,58). The van der Waals surface area contributed by atoms with Gasteiger partial charge in [-0.15, -0.1) is 24.8 Å². The average molecular weight is 938 g/mol. The number of pyridine rings is 1. The number of rotatable bonds is 13. The Hall–Kier alpha value is -4.42. The molecule has 1 saturated heterocycles. The van der Waals surface area contributed by atoms with Crippen molar-refractivity contribution in [3.63, 3.8) is 0 Å². The first-order valence-electron chi connectivity index (χ1n) is 21.7. The van der Waals surface area contributed by atoms with E-state index in [-0.39, 0.29) is 41.7 Å². The van der Waals surface area contributed by atoms with Gasteiger partial charge < -0.3 is 33.0 Å². The molecule has 0 radical (unpaired) electrons. The Labute approximate surface area is 376 Å². The Morgan fingerprint density at radius 2 is 1.62 bits per heavy atom. The molecule has 350 valence electrons. The lowest BCUT2D eigenvalue weighted by molar-refractivity contribution is -0.275. The summed E-state index contributed by atoms with van der Waals surface area (Å²) in [6.07, 6.45) is -2.14. The molecule has 7 rings (SSSR count). The highest BCUT2D eigenvalue weighted by atomic mass is 35.5. The smallest absolute Gasteiger partial charge is 0.444 e. The van der Waals surface area contributed by atoms with Crippen molar-refractivity contribution in [1.82, 2.24) is 24.0 Å². The van der Waals surface area contributed by atoms with Crippen LogP contribution in [0.1, 0.15) is 114 Å². The van der Waals surface area contributed by atoms with Crippen LogP contribution in [0.3, 0.4) is 0 Å². The average Bonchev–Trinajstić information content (AvgIpc) is 3.92. The van der Waals surface area contributed by atoms with E-state index >= 15 is 8.78 Å². The zero-order chi connectivity index (χ0) is 47.0. The number of halogens is 6. The summed E-state index contributed by atoms with van der Waals surface area (Å²) >= 11 is 7.65. The molecule has 4 aromatic rings. The van der Waals surface area contributed by atoms with Crippen LogP contribution in [-0.2, 0) is 20.9 Å². The maximum Gasteiger partial charge on any atom is 0.573 e. The van der Waals surface area contributed by atoms with Crippen molar-refractivity contribution in [2.24, 2.45) is 11.8 Å². The van der Waals surface area contributed by atoms with Crippen LogP contribution in [0.4, 0.5) is 37.2 Å². The molecule has 3 fully saturated rings. The van der Waals surface area contributed by atoms with E-state index in [9.17, 15) is 22.8 Å². The molecule has 0 bridgehead atoms. The Morgan fingerprint density at radius 3 is 2.19 bits per heavy atom. The van der Waals surface area contributed by atoms with Crippen molar-refractivity contribution < 1.29 is 50.5 Å². The third-order valence-electron chi connectivity index (χ3n) is 11.4. The highest BCUT2D eigenvalue weighted by Crippen LogP contribution is 2.63. The number of alkyl halides is 4. The van der Waals surface area contributed by atoms with E-state index in [1.54, 1.807) is 58.8 Å². The summed E-state index contributed by atoms with van der Waals surface area (Å²) < 4.78 is 101.